The molecular weight excluding hydrogens is 354 g/mol. The number of halogens is 1. The maximum absolute atomic E-state index is 12.8. The second kappa shape index (κ2) is 9.40. The van der Waals surface area contributed by atoms with E-state index in [9.17, 15) is 9.59 Å². The molecule has 0 radical (unpaired) electrons. The van der Waals surface area contributed by atoms with Crippen LogP contribution in [0.15, 0.2) is 47.1 Å². The minimum atomic E-state index is -0.332. The predicted octanol–water partition coefficient (Wildman–Crippen LogP) is 3.03. The molecule has 6 nitrogen and oxygen atoms in total. The molecule has 1 aliphatic heterocycles. The van der Waals surface area contributed by atoms with Crippen LogP contribution >= 0.6 is 12.4 Å². The second-order valence-electron chi connectivity index (χ2n) is 6.33. The zero-order chi connectivity index (χ0) is 17.6. The highest BCUT2D eigenvalue weighted by atomic mass is 35.5. The number of benzene rings is 1. The van der Waals surface area contributed by atoms with Gasteiger partial charge in [-0.1, -0.05) is 6.07 Å². The van der Waals surface area contributed by atoms with Gasteiger partial charge in [0.25, 0.3) is 11.8 Å². The SMILES string of the molecule is CNCC1CCCN(C(=O)c2cccc(NC(=O)c3ccco3)c2)C1.Cl. The molecule has 0 aliphatic carbocycles. The molecule has 2 aromatic rings. The van der Waals surface area contributed by atoms with E-state index in [0.717, 1.165) is 32.5 Å². The van der Waals surface area contributed by atoms with Crippen LogP contribution in [0.25, 0.3) is 0 Å². The van der Waals surface area contributed by atoms with Crippen molar-refractivity contribution < 1.29 is 14.0 Å². The van der Waals surface area contributed by atoms with Gasteiger partial charge in [-0.05, 0) is 62.7 Å². The van der Waals surface area contributed by atoms with Gasteiger partial charge in [0.2, 0.25) is 0 Å². The van der Waals surface area contributed by atoms with Gasteiger partial charge in [-0.15, -0.1) is 12.4 Å². The summed E-state index contributed by atoms with van der Waals surface area (Å²) in [5, 5.41) is 5.94. The number of carbonyl (C=O) groups is 2. The lowest BCUT2D eigenvalue weighted by atomic mass is 9.97. The van der Waals surface area contributed by atoms with Gasteiger partial charge < -0.3 is 20.0 Å². The van der Waals surface area contributed by atoms with E-state index in [1.165, 1.54) is 6.26 Å². The van der Waals surface area contributed by atoms with Gasteiger partial charge >= 0.3 is 0 Å². The van der Waals surface area contributed by atoms with Crippen molar-refractivity contribution in [1.82, 2.24) is 10.2 Å². The minimum Gasteiger partial charge on any atom is -0.459 e. The fraction of sp³-hybridized carbons (Fsp3) is 0.368. The van der Waals surface area contributed by atoms with Crippen molar-refractivity contribution in [3.8, 4) is 0 Å². The molecule has 2 amide bonds. The highest BCUT2D eigenvalue weighted by molar-refractivity contribution is 6.03. The first-order valence-corrected chi connectivity index (χ1v) is 8.56. The summed E-state index contributed by atoms with van der Waals surface area (Å²) in [4.78, 5) is 26.8. The summed E-state index contributed by atoms with van der Waals surface area (Å²) in [7, 11) is 1.94. The van der Waals surface area contributed by atoms with Crippen LogP contribution in [-0.4, -0.2) is 43.4 Å². The Morgan fingerprint density at radius 1 is 1.27 bits per heavy atom. The molecule has 26 heavy (non-hydrogen) atoms. The van der Waals surface area contributed by atoms with E-state index in [4.69, 9.17) is 4.42 Å². The number of nitrogens with zero attached hydrogens (tertiary/aromatic N) is 1. The number of carbonyl (C=O) groups excluding carboxylic acids is 2. The van der Waals surface area contributed by atoms with Crippen LogP contribution < -0.4 is 10.6 Å². The lowest BCUT2D eigenvalue weighted by Gasteiger charge is -2.32. The Labute approximate surface area is 159 Å². The van der Waals surface area contributed by atoms with Crippen molar-refractivity contribution in [3.05, 3.63) is 54.0 Å². The highest BCUT2D eigenvalue weighted by Crippen LogP contribution is 2.20. The van der Waals surface area contributed by atoms with Crippen LogP contribution in [0.1, 0.15) is 33.8 Å². The number of piperidine rings is 1. The van der Waals surface area contributed by atoms with E-state index in [2.05, 4.69) is 10.6 Å². The Hall–Kier alpha value is -2.31. The quantitative estimate of drug-likeness (QED) is 0.839. The van der Waals surface area contributed by atoms with E-state index in [-0.39, 0.29) is 30.0 Å². The normalized spacial score (nSPS) is 16.7. The topological polar surface area (TPSA) is 74.6 Å². The molecular formula is C19H24ClN3O3. The number of nitrogens with one attached hydrogen (secondary N) is 2. The summed E-state index contributed by atoms with van der Waals surface area (Å²) in [6.45, 7) is 2.47. The molecule has 3 rings (SSSR count). The fourth-order valence-electron chi connectivity index (χ4n) is 3.22. The Kier molecular flexibility index (Phi) is 7.24. The molecule has 7 heteroatoms. The molecule has 0 bridgehead atoms. The number of rotatable bonds is 5. The summed E-state index contributed by atoms with van der Waals surface area (Å²) in [6.07, 6.45) is 3.61. The predicted molar refractivity (Wildman–Crippen MR) is 103 cm³/mol. The zero-order valence-electron chi connectivity index (χ0n) is 14.7. The Morgan fingerprint density at radius 3 is 2.85 bits per heavy atom. The summed E-state index contributed by atoms with van der Waals surface area (Å²) in [6, 6.07) is 10.3. The molecule has 1 atom stereocenters. The monoisotopic (exact) mass is 377 g/mol. The number of hydrogen-bond donors (Lipinski definition) is 2. The van der Waals surface area contributed by atoms with Gasteiger partial charge in [0.1, 0.15) is 0 Å². The zero-order valence-corrected chi connectivity index (χ0v) is 15.6. The average Bonchev–Trinajstić information content (AvgIpc) is 3.17. The summed E-state index contributed by atoms with van der Waals surface area (Å²) >= 11 is 0. The summed E-state index contributed by atoms with van der Waals surface area (Å²) in [5.74, 6) is 0.406. The van der Waals surface area contributed by atoms with E-state index < -0.39 is 0 Å². The van der Waals surface area contributed by atoms with Crippen molar-refractivity contribution in [3.63, 3.8) is 0 Å². The Balaban J connectivity index is 0.00000243. The first-order chi connectivity index (χ1) is 12.2. The smallest absolute Gasteiger partial charge is 0.291 e. The van der Waals surface area contributed by atoms with Crippen LogP contribution in [-0.2, 0) is 0 Å². The lowest BCUT2D eigenvalue weighted by Crippen LogP contribution is -2.42. The van der Waals surface area contributed by atoms with Crippen LogP contribution in [0.2, 0.25) is 0 Å². The standard InChI is InChI=1S/C19H23N3O3.ClH/c1-20-12-14-5-3-9-22(13-14)19(24)15-6-2-7-16(11-15)21-18(23)17-8-4-10-25-17;/h2,4,6-8,10-11,14,20H,3,5,9,12-13H2,1H3,(H,21,23);1H. The molecule has 2 heterocycles. The maximum atomic E-state index is 12.8. The molecule has 1 aromatic carbocycles. The van der Waals surface area contributed by atoms with Crippen molar-refractivity contribution in [2.24, 2.45) is 5.92 Å². The molecule has 2 N–H and O–H groups in total. The van der Waals surface area contributed by atoms with Gasteiger partial charge in [-0.25, -0.2) is 0 Å². The van der Waals surface area contributed by atoms with Gasteiger partial charge in [0.15, 0.2) is 5.76 Å². The molecule has 0 spiro atoms. The molecule has 1 aromatic heterocycles. The van der Waals surface area contributed by atoms with Crippen molar-refractivity contribution in [2.45, 2.75) is 12.8 Å². The number of anilines is 1. The van der Waals surface area contributed by atoms with Crippen LogP contribution in [0.5, 0.6) is 0 Å². The van der Waals surface area contributed by atoms with Gasteiger partial charge in [-0.3, -0.25) is 9.59 Å². The largest absolute Gasteiger partial charge is 0.459 e. The second-order valence-corrected chi connectivity index (χ2v) is 6.33. The first-order valence-electron chi connectivity index (χ1n) is 8.56. The third-order valence-electron chi connectivity index (χ3n) is 4.41. The fourth-order valence-corrected chi connectivity index (χ4v) is 3.22. The van der Waals surface area contributed by atoms with E-state index >= 15 is 0 Å². The van der Waals surface area contributed by atoms with Crippen LogP contribution in [0.4, 0.5) is 5.69 Å². The number of amides is 2. The Bertz CT molecular complexity index is 731. The van der Waals surface area contributed by atoms with E-state index in [0.29, 0.717) is 17.2 Å². The van der Waals surface area contributed by atoms with Crippen molar-refractivity contribution in [1.29, 1.82) is 0 Å². The minimum absolute atomic E-state index is 0. The summed E-state index contributed by atoms with van der Waals surface area (Å²) in [5.41, 5.74) is 1.17. The molecule has 1 saturated heterocycles. The third-order valence-corrected chi connectivity index (χ3v) is 4.41. The van der Waals surface area contributed by atoms with Crippen molar-refractivity contribution in [2.75, 3.05) is 32.0 Å². The first kappa shape index (κ1) is 20.0. The lowest BCUT2D eigenvalue weighted by molar-refractivity contribution is 0.0674. The van der Waals surface area contributed by atoms with Gasteiger partial charge in [-0.2, -0.15) is 0 Å². The number of furan rings is 1. The maximum Gasteiger partial charge on any atom is 0.291 e. The van der Waals surface area contributed by atoms with Crippen molar-refractivity contribution >= 4 is 29.9 Å². The molecule has 1 aliphatic rings. The molecule has 140 valence electrons. The Morgan fingerprint density at radius 2 is 2.12 bits per heavy atom. The molecule has 1 unspecified atom stereocenters. The van der Waals surface area contributed by atoms with E-state index in [1.807, 2.05) is 11.9 Å². The van der Waals surface area contributed by atoms with Gasteiger partial charge in [0, 0.05) is 24.3 Å². The summed E-state index contributed by atoms with van der Waals surface area (Å²) < 4.78 is 5.08. The molecule has 0 saturated carbocycles. The van der Waals surface area contributed by atoms with Gasteiger partial charge in [0.05, 0.1) is 6.26 Å². The molecule has 1 fully saturated rings. The highest BCUT2D eigenvalue weighted by Gasteiger charge is 2.24. The van der Waals surface area contributed by atoms with Crippen LogP contribution in [0, 0.1) is 5.92 Å². The number of hydrogen-bond acceptors (Lipinski definition) is 4. The van der Waals surface area contributed by atoms with E-state index in [1.54, 1.807) is 36.4 Å². The average molecular weight is 378 g/mol. The third kappa shape index (κ3) is 4.86. The van der Waals surface area contributed by atoms with Crippen LogP contribution in [0.3, 0.4) is 0 Å². The number of likely N-dealkylation sites (tertiary alicyclic amines) is 1.